The molecule has 0 saturated carbocycles. The molecule has 216 valence electrons. The monoisotopic (exact) mass is 566 g/mol. The molecule has 0 aliphatic carbocycles. The summed E-state index contributed by atoms with van der Waals surface area (Å²) in [5.74, 6) is 1.63. The van der Waals surface area contributed by atoms with Crippen molar-refractivity contribution in [2.45, 2.75) is 18.4 Å². The molecule has 8 heteroatoms. The zero-order valence-electron chi connectivity index (χ0n) is 24.1. The van der Waals surface area contributed by atoms with Gasteiger partial charge in [-0.15, -0.1) is 0 Å². The molecule has 0 spiro atoms. The van der Waals surface area contributed by atoms with Gasteiger partial charge in [0.2, 0.25) is 5.91 Å². The van der Waals surface area contributed by atoms with Crippen molar-refractivity contribution in [1.29, 1.82) is 0 Å². The molecule has 4 aromatic carbocycles. The Kier molecular flexibility index (Phi) is 8.62. The Morgan fingerprint density at radius 3 is 2.05 bits per heavy atom. The first-order valence-corrected chi connectivity index (χ1v) is 13.7. The van der Waals surface area contributed by atoms with Crippen molar-refractivity contribution >= 4 is 17.5 Å². The smallest absolute Gasteiger partial charge is 0.259 e. The Hall–Kier alpha value is -4.98. The largest absolute Gasteiger partial charge is 0.497 e. The molecule has 0 fully saturated rings. The standard InChI is InChI=1S/C34H34N2O6/c1-39-25-14-10-23(11-15-25)32-31(33(37)35-20-19-22-9-18-29(41-3)30(21-22)42-4)27-7-5-6-8-28(27)34(38)36(32)24-12-16-26(40-2)17-13-24/h5-18,21,31-32H,19-20H2,1-4H3,(H,35,37)/t31-,32+/m1/s1. The summed E-state index contributed by atoms with van der Waals surface area (Å²) in [5.41, 5.74) is 3.67. The first-order valence-electron chi connectivity index (χ1n) is 13.7. The number of methoxy groups -OCH3 is 4. The predicted octanol–water partition coefficient (Wildman–Crippen LogP) is 5.57. The number of fused-ring (bicyclic) bond motifs is 1. The number of carbonyl (C=O) groups excluding carboxylic acids is 2. The summed E-state index contributed by atoms with van der Waals surface area (Å²) < 4.78 is 21.5. The summed E-state index contributed by atoms with van der Waals surface area (Å²) in [6.45, 7) is 0.402. The fourth-order valence-corrected chi connectivity index (χ4v) is 5.46. The van der Waals surface area contributed by atoms with Crippen molar-refractivity contribution in [3.63, 3.8) is 0 Å². The fraction of sp³-hybridized carbons (Fsp3) is 0.235. The number of anilines is 1. The number of carbonyl (C=O) groups is 2. The summed E-state index contributed by atoms with van der Waals surface area (Å²) in [4.78, 5) is 29.9. The molecular formula is C34H34N2O6. The van der Waals surface area contributed by atoms with Crippen LogP contribution < -0.4 is 29.2 Å². The number of rotatable bonds is 10. The Bertz CT molecular complexity index is 1550. The van der Waals surface area contributed by atoms with Gasteiger partial charge in [0.05, 0.1) is 40.4 Å². The van der Waals surface area contributed by atoms with Gasteiger partial charge in [0.25, 0.3) is 5.91 Å². The maximum Gasteiger partial charge on any atom is 0.259 e. The molecule has 1 N–H and O–H groups in total. The minimum Gasteiger partial charge on any atom is -0.497 e. The van der Waals surface area contributed by atoms with Crippen molar-refractivity contribution < 1.29 is 28.5 Å². The SMILES string of the molecule is COc1ccc([C@H]2[C@H](C(=O)NCCc3ccc(OC)c(OC)c3)c3ccccc3C(=O)N2c2ccc(OC)cc2)cc1. The lowest BCUT2D eigenvalue weighted by molar-refractivity contribution is -0.123. The summed E-state index contributed by atoms with van der Waals surface area (Å²) in [5, 5.41) is 3.14. The lowest BCUT2D eigenvalue weighted by atomic mass is 9.78. The third-order valence-electron chi connectivity index (χ3n) is 7.59. The van der Waals surface area contributed by atoms with Crippen LogP contribution in [0.15, 0.2) is 91.0 Å². The number of nitrogens with one attached hydrogen (secondary N) is 1. The van der Waals surface area contributed by atoms with Gasteiger partial charge in [0, 0.05) is 17.8 Å². The molecule has 0 unspecified atom stereocenters. The van der Waals surface area contributed by atoms with E-state index in [1.54, 1.807) is 39.4 Å². The van der Waals surface area contributed by atoms with Crippen LogP contribution in [0.1, 0.15) is 39.0 Å². The van der Waals surface area contributed by atoms with Gasteiger partial charge in [-0.25, -0.2) is 0 Å². The van der Waals surface area contributed by atoms with E-state index < -0.39 is 12.0 Å². The van der Waals surface area contributed by atoms with Gasteiger partial charge >= 0.3 is 0 Å². The van der Waals surface area contributed by atoms with Crippen LogP contribution in [-0.4, -0.2) is 46.8 Å². The second-order valence-electron chi connectivity index (χ2n) is 9.89. The summed E-state index contributed by atoms with van der Waals surface area (Å²) in [6, 6.07) is 27.3. The van der Waals surface area contributed by atoms with E-state index in [0.717, 1.165) is 11.1 Å². The molecule has 5 rings (SSSR count). The number of nitrogens with zero attached hydrogens (tertiary/aromatic N) is 1. The van der Waals surface area contributed by atoms with Crippen molar-refractivity contribution in [2.75, 3.05) is 39.9 Å². The van der Waals surface area contributed by atoms with Gasteiger partial charge in [0.1, 0.15) is 11.5 Å². The third-order valence-corrected chi connectivity index (χ3v) is 7.59. The number of amides is 2. The van der Waals surface area contributed by atoms with Gasteiger partial charge < -0.3 is 24.3 Å². The van der Waals surface area contributed by atoms with E-state index in [9.17, 15) is 9.59 Å². The summed E-state index contributed by atoms with van der Waals surface area (Å²) in [6.07, 6.45) is 0.592. The van der Waals surface area contributed by atoms with Crippen LogP contribution in [0, 0.1) is 0 Å². The molecule has 0 saturated heterocycles. The Morgan fingerprint density at radius 2 is 1.40 bits per heavy atom. The number of ether oxygens (including phenoxy) is 4. The Morgan fingerprint density at radius 1 is 0.762 bits per heavy atom. The summed E-state index contributed by atoms with van der Waals surface area (Å²) in [7, 11) is 6.39. The van der Waals surface area contributed by atoms with Gasteiger partial charge in [-0.3, -0.25) is 14.5 Å². The first-order chi connectivity index (χ1) is 20.5. The van der Waals surface area contributed by atoms with E-state index >= 15 is 0 Å². The van der Waals surface area contributed by atoms with E-state index in [1.165, 1.54) is 0 Å². The topological polar surface area (TPSA) is 86.3 Å². The van der Waals surface area contributed by atoms with Crippen LogP contribution in [0.4, 0.5) is 5.69 Å². The quantitative estimate of drug-likeness (QED) is 0.270. The zero-order valence-corrected chi connectivity index (χ0v) is 24.1. The maximum absolute atomic E-state index is 14.1. The van der Waals surface area contributed by atoms with Crippen LogP contribution >= 0.6 is 0 Å². The lowest BCUT2D eigenvalue weighted by Gasteiger charge is -2.42. The second kappa shape index (κ2) is 12.7. The second-order valence-corrected chi connectivity index (χ2v) is 9.89. The van der Waals surface area contributed by atoms with Crippen molar-refractivity contribution in [3.05, 3.63) is 113 Å². The van der Waals surface area contributed by atoms with Crippen LogP contribution in [0.2, 0.25) is 0 Å². The van der Waals surface area contributed by atoms with E-state index in [1.807, 2.05) is 84.9 Å². The number of benzene rings is 4. The molecule has 1 heterocycles. The predicted molar refractivity (Wildman–Crippen MR) is 161 cm³/mol. The normalized spacial score (nSPS) is 15.9. The van der Waals surface area contributed by atoms with E-state index in [-0.39, 0.29) is 11.8 Å². The minimum atomic E-state index is -0.667. The maximum atomic E-state index is 14.1. The Labute approximate surface area is 245 Å². The fourth-order valence-electron chi connectivity index (χ4n) is 5.46. The zero-order chi connectivity index (χ0) is 29.6. The molecule has 0 aromatic heterocycles. The Balaban J connectivity index is 1.52. The van der Waals surface area contributed by atoms with Crippen molar-refractivity contribution in [1.82, 2.24) is 5.32 Å². The average molecular weight is 567 g/mol. The highest BCUT2D eigenvalue weighted by Crippen LogP contribution is 2.45. The average Bonchev–Trinajstić information content (AvgIpc) is 3.04. The molecule has 1 aliphatic rings. The molecule has 42 heavy (non-hydrogen) atoms. The van der Waals surface area contributed by atoms with Crippen molar-refractivity contribution in [2.24, 2.45) is 0 Å². The van der Waals surface area contributed by atoms with E-state index in [4.69, 9.17) is 18.9 Å². The highest BCUT2D eigenvalue weighted by Gasteiger charge is 2.44. The number of hydrogen-bond acceptors (Lipinski definition) is 6. The van der Waals surface area contributed by atoms with Gasteiger partial charge in [-0.05, 0) is 77.7 Å². The van der Waals surface area contributed by atoms with Crippen LogP contribution in [0.5, 0.6) is 23.0 Å². The highest BCUT2D eigenvalue weighted by atomic mass is 16.5. The molecule has 0 radical (unpaired) electrons. The van der Waals surface area contributed by atoms with Gasteiger partial charge in [-0.2, -0.15) is 0 Å². The first kappa shape index (κ1) is 28.5. The van der Waals surface area contributed by atoms with Gasteiger partial charge in [-0.1, -0.05) is 36.4 Å². The molecule has 4 aromatic rings. The molecular weight excluding hydrogens is 532 g/mol. The van der Waals surface area contributed by atoms with Crippen LogP contribution in [-0.2, 0) is 11.2 Å². The molecule has 2 atom stereocenters. The lowest BCUT2D eigenvalue weighted by Crippen LogP contribution is -2.48. The van der Waals surface area contributed by atoms with Crippen LogP contribution in [0.25, 0.3) is 0 Å². The number of hydrogen-bond donors (Lipinski definition) is 1. The molecule has 1 aliphatic heterocycles. The third kappa shape index (κ3) is 5.61. The van der Waals surface area contributed by atoms with Crippen LogP contribution in [0.3, 0.4) is 0 Å². The molecule has 2 amide bonds. The minimum absolute atomic E-state index is 0.172. The summed E-state index contributed by atoms with van der Waals surface area (Å²) >= 11 is 0. The molecule has 0 bridgehead atoms. The van der Waals surface area contributed by atoms with Crippen molar-refractivity contribution in [3.8, 4) is 23.0 Å². The van der Waals surface area contributed by atoms with E-state index in [0.29, 0.717) is 52.8 Å². The van der Waals surface area contributed by atoms with E-state index in [2.05, 4.69) is 5.32 Å². The highest BCUT2D eigenvalue weighted by molar-refractivity contribution is 6.11. The molecule has 8 nitrogen and oxygen atoms in total. The van der Waals surface area contributed by atoms with Gasteiger partial charge in [0.15, 0.2) is 11.5 Å².